The number of nitrogens with zero attached hydrogens (tertiary/aromatic N) is 3. The molecule has 2 heterocycles. The Kier molecular flexibility index (Phi) is 5.45. The number of carbonyl (C=O) groups is 1. The lowest BCUT2D eigenvalue weighted by Crippen LogP contribution is -2.44. The summed E-state index contributed by atoms with van der Waals surface area (Å²) in [6.45, 7) is 4.33. The highest BCUT2D eigenvalue weighted by Crippen LogP contribution is 2.15. The van der Waals surface area contributed by atoms with Crippen molar-refractivity contribution in [2.24, 2.45) is 0 Å². The normalized spacial score (nSPS) is 15.0. The molecule has 3 rings (SSSR count). The van der Waals surface area contributed by atoms with Gasteiger partial charge in [0.2, 0.25) is 0 Å². The number of benzene rings is 1. The number of carbonyl (C=O) groups excluding carboxylic acids is 1. The highest BCUT2D eigenvalue weighted by molar-refractivity contribution is 5.89. The number of halogens is 1. The van der Waals surface area contributed by atoms with Gasteiger partial charge < -0.3 is 20.4 Å². The van der Waals surface area contributed by atoms with Crippen molar-refractivity contribution in [3.05, 3.63) is 54.0 Å². The van der Waals surface area contributed by atoms with Gasteiger partial charge >= 0.3 is 6.03 Å². The first-order chi connectivity index (χ1) is 12.1. The van der Waals surface area contributed by atoms with Crippen LogP contribution in [-0.4, -0.2) is 49.1 Å². The molecule has 132 valence electrons. The zero-order valence-corrected chi connectivity index (χ0v) is 14.2. The molecule has 1 aromatic carbocycles. The van der Waals surface area contributed by atoms with Crippen molar-refractivity contribution in [3.63, 3.8) is 0 Å². The van der Waals surface area contributed by atoms with Crippen molar-refractivity contribution in [1.82, 2.24) is 15.2 Å². The monoisotopic (exact) mass is 343 g/mol. The molecule has 2 amide bonds. The van der Waals surface area contributed by atoms with Gasteiger partial charge in [-0.15, -0.1) is 0 Å². The minimum Gasteiger partial charge on any atom is -0.354 e. The fourth-order valence-corrected chi connectivity index (χ4v) is 2.67. The maximum absolute atomic E-state index is 12.9. The van der Waals surface area contributed by atoms with E-state index in [2.05, 4.69) is 32.5 Å². The predicted molar refractivity (Wildman–Crippen MR) is 96.2 cm³/mol. The molecule has 0 atom stereocenters. The lowest BCUT2D eigenvalue weighted by Gasteiger charge is -2.33. The summed E-state index contributed by atoms with van der Waals surface area (Å²) in [5, 5.41) is 5.47. The van der Waals surface area contributed by atoms with E-state index in [0.29, 0.717) is 12.2 Å². The fraction of sp³-hybridized carbons (Fsp3) is 0.333. The second-order valence-electron chi connectivity index (χ2n) is 6.13. The van der Waals surface area contributed by atoms with Crippen LogP contribution in [-0.2, 0) is 6.54 Å². The quantitative estimate of drug-likeness (QED) is 0.894. The van der Waals surface area contributed by atoms with Gasteiger partial charge in [0.05, 0.1) is 0 Å². The van der Waals surface area contributed by atoms with Crippen LogP contribution in [0.5, 0.6) is 0 Å². The van der Waals surface area contributed by atoms with E-state index in [0.717, 1.165) is 37.6 Å². The second kappa shape index (κ2) is 7.94. The number of likely N-dealkylation sites (N-methyl/N-ethyl adjacent to an activating group) is 1. The van der Waals surface area contributed by atoms with Crippen LogP contribution >= 0.6 is 0 Å². The number of amides is 2. The number of urea groups is 1. The summed E-state index contributed by atoms with van der Waals surface area (Å²) in [7, 11) is 2.12. The maximum Gasteiger partial charge on any atom is 0.319 e. The molecule has 1 aliphatic heterocycles. The Bertz CT molecular complexity index is 714. The van der Waals surface area contributed by atoms with E-state index in [1.807, 2.05) is 12.1 Å². The average molecular weight is 343 g/mol. The molecule has 2 N–H and O–H groups in total. The SMILES string of the molecule is CN1CCN(c2cc(CNC(=O)Nc3ccc(F)cc3)ccn2)CC1. The Labute approximate surface area is 146 Å². The largest absolute Gasteiger partial charge is 0.354 e. The lowest BCUT2D eigenvalue weighted by molar-refractivity contribution is 0.251. The Morgan fingerprint density at radius 3 is 2.60 bits per heavy atom. The highest BCUT2D eigenvalue weighted by Gasteiger charge is 2.15. The number of anilines is 2. The smallest absolute Gasteiger partial charge is 0.319 e. The van der Waals surface area contributed by atoms with Gasteiger partial charge in [-0.05, 0) is 49.0 Å². The molecule has 7 heteroatoms. The van der Waals surface area contributed by atoms with Gasteiger partial charge in [-0.25, -0.2) is 14.2 Å². The maximum atomic E-state index is 12.9. The average Bonchev–Trinajstić information content (AvgIpc) is 2.63. The first kappa shape index (κ1) is 17.2. The number of hydrogen-bond donors (Lipinski definition) is 2. The van der Waals surface area contributed by atoms with Crippen LogP contribution in [0.25, 0.3) is 0 Å². The molecule has 0 radical (unpaired) electrons. The summed E-state index contributed by atoms with van der Waals surface area (Å²) >= 11 is 0. The molecule has 2 aromatic rings. The number of rotatable bonds is 4. The van der Waals surface area contributed by atoms with Gasteiger partial charge in [-0.1, -0.05) is 0 Å². The van der Waals surface area contributed by atoms with E-state index in [-0.39, 0.29) is 11.8 Å². The summed E-state index contributed by atoms with van der Waals surface area (Å²) in [6.07, 6.45) is 1.77. The van der Waals surface area contributed by atoms with E-state index < -0.39 is 0 Å². The standard InChI is InChI=1S/C18H22FN5O/c1-23-8-10-24(11-9-23)17-12-14(6-7-20-17)13-21-18(25)22-16-4-2-15(19)3-5-16/h2-7,12H,8-11,13H2,1H3,(H2,21,22,25). The van der Waals surface area contributed by atoms with Crippen molar-refractivity contribution in [3.8, 4) is 0 Å². The number of piperazine rings is 1. The van der Waals surface area contributed by atoms with Crippen molar-refractivity contribution in [2.75, 3.05) is 43.4 Å². The molecule has 0 saturated carbocycles. The van der Waals surface area contributed by atoms with Crippen molar-refractivity contribution >= 4 is 17.5 Å². The zero-order chi connectivity index (χ0) is 17.6. The number of pyridine rings is 1. The molecule has 0 aliphatic carbocycles. The molecular formula is C18H22FN5O. The Hall–Kier alpha value is -2.67. The zero-order valence-electron chi connectivity index (χ0n) is 14.2. The lowest BCUT2D eigenvalue weighted by atomic mass is 10.2. The molecule has 0 unspecified atom stereocenters. The van der Waals surface area contributed by atoms with Crippen LogP contribution in [0, 0.1) is 5.82 Å². The van der Waals surface area contributed by atoms with Gasteiger partial charge in [0, 0.05) is 44.6 Å². The Balaban J connectivity index is 1.53. The summed E-state index contributed by atoms with van der Waals surface area (Å²) in [5.41, 5.74) is 1.53. The van der Waals surface area contributed by atoms with E-state index in [1.54, 1.807) is 6.20 Å². The first-order valence-electron chi connectivity index (χ1n) is 8.29. The third kappa shape index (κ3) is 4.90. The molecule has 1 fully saturated rings. The third-order valence-corrected chi connectivity index (χ3v) is 4.19. The van der Waals surface area contributed by atoms with Gasteiger partial charge in [0.1, 0.15) is 11.6 Å². The molecule has 6 nitrogen and oxygen atoms in total. The Morgan fingerprint density at radius 2 is 1.88 bits per heavy atom. The topological polar surface area (TPSA) is 60.5 Å². The van der Waals surface area contributed by atoms with Crippen molar-refractivity contribution < 1.29 is 9.18 Å². The van der Waals surface area contributed by atoms with E-state index in [4.69, 9.17) is 0 Å². The summed E-state index contributed by atoms with van der Waals surface area (Å²) in [4.78, 5) is 20.9. The first-order valence-corrected chi connectivity index (χ1v) is 8.29. The van der Waals surface area contributed by atoms with Gasteiger partial charge in [-0.3, -0.25) is 0 Å². The fourth-order valence-electron chi connectivity index (χ4n) is 2.67. The molecule has 0 bridgehead atoms. The van der Waals surface area contributed by atoms with Crippen molar-refractivity contribution in [1.29, 1.82) is 0 Å². The van der Waals surface area contributed by atoms with Crippen LogP contribution in [0.2, 0.25) is 0 Å². The molecule has 1 saturated heterocycles. The number of hydrogen-bond acceptors (Lipinski definition) is 4. The Morgan fingerprint density at radius 1 is 1.16 bits per heavy atom. The molecule has 1 aromatic heterocycles. The summed E-state index contributed by atoms with van der Waals surface area (Å²) in [6, 6.07) is 9.22. The van der Waals surface area contributed by atoms with Crippen LogP contribution < -0.4 is 15.5 Å². The molecule has 1 aliphatic rings. The van der Waals surface area contributed by atoms with E-state index >= 15 is 0 Å². The second-order valence-corrected chi connectivity index (χ2v) is 6.13. The molecule has 25 heavy (non-hydrogen) atoms. The highest BCUT2D eigenvalue weighted by atomic mass is 19.1. The van der Waals surface area contributed by atoms with Gasteiger partial charge in [0.15, 0.2) is 0 Å². The van der Waals surface area contributed by atoms with Gasteiger partial charge in [0.25, 0.3) is 0 Å². The number of aromatic nitrogens is 1. The van der Waals surface area contributed by atoms with E-state index in [1.165, 1.54) is 24.3 Å². The van der Waals surface area contributed by atoms with Crippen LogP contribution in [0.3, 0.4) is 0 Å². The van der Waals surface area contributed by atoms with Crippen LogP contribution in [0.15, 0.2) is 42.6 Å². The predicted octanol–water partition coefficient (Wildman–Crippen LogP) is 2.29. The number of nitrogens with one attached hydrogen (secondary N) is 2. The summed E-state index contributed by atoms with van der Waals surface area (Å²) in [5.74, 6) is 0.602. The van der Waals surface area contributed by atoms with E-state index in [9.17, 15) is 9.18 Å². The van der Waals surface area contributed by atoms with Crippen LogP contribution in [0.4, 0.5) is 20.7 Å². The third-order valence-electron chi connectivity index (χ3n) is 4.19. The molecule has 0 spiro atoms. The van der Waals surface area contributed by atoms with Crippen LogP contribution in [0.1, 0.15) is 5.56 Å². The minimum absolute atomic E-state index is 0.329. The van der Waals surface area contributed by atoms with Gasteiger partial charge in [-0.2, -0.15) is 0 Å². The summed E-state index contributed by atoms with van der Waals surface area (Å²) < 4.78 is 12.9. The molecular weight excluding hydrogens is 321 g/mol. The van der Waals surface area contributed by atoms with Crippen molar-refractivity contribution in [2.45, 2.75) is 6.54 Å². The minimum atomic E-state index is -0.334.